The number of benzene rings is 3. The largest absolute Gasteiger partial charge is 0.446 e. The third-order valence-corrected chi connectivity index (χ3v) is 10.7. The number of rotatable bonds is 17. The van der Waals surface area contributed by atoms with E-state index in [9.17, 15) is 24.6 Å². The van der Waals surface area contributed by atoms with Crippen LogP contribution in [0.4, 0.5) is 4.79 Å². The molecule has 2 saturated heterocycles. The fourth-order valence-corrected chi connectivity index (χ4v) is 7.47. The summed E-state index contributed by atoms with van der Waals surface area (Å²) in [6.07, 6.45) is -6.94. The van der Waals surface area contributed by atoms with E-state index in [4.69, 9.17) is 37.9 Å². The van der Waals surface area contributed by atoms with Gasteiger partial charge in [-0.3, -0.25) is 9.59 Å². The molecule has 0 aromatic heterocycles. The highest BCUT2D eigenvalue weighted by atomic mass is 79.9. The van der Waals surface area contributed by atoms with Gasteiger partial charge >= 0.3 is 6.09 Å². The van der Waals surface area contributed by atoms with Gasteiger partial charge in [0.1, 0.15) is 37.1 Å². The molecule has 56 heavy (non-hydrogen) atoms. The Labute approximate surface area is 333 Å². The second-order valence-electron chi connectivity index (χ2n) is 13.5. The summed E-state index contributed by atoms with van der Waals surface area (Å²) < 4.78 is 47.7. The minimum Gasteiger partial charge on any atom is -0.446 e. The van der Waals surface area contributed by atoms with Gasteiger partial charge in [0.15, 0.2) is 30.1 Å². The summed E-state index contributed by atoms with van der Waals surface area (Å²) in [6.45, 7) is 0.0337. The van der Waals surface area contributed by atoms with Crippen LogP contribution >= 0.6 is 15.9 Å². The summed E-state index contributed by atoms with van der Waals surface area (Å²) in [4.78, 5) is 40.8. The van der Waals surface area contributed by atoms with Gasteiger partial charge in [0.25, 0.3) is 5.91 Å². The molecule has 0 radical (unpaired) electrons. The molecule has 2 N–H and O–H groups in total. The molecule has 0 spiro atoms. The number of cyclic esters (lactones) is 1. The van der Waals surface area contributed by atoms with Gasteiger partial charge in [-0.2, -0.15) is 0 Å². The van der Waals surface area contributed by atoms with Gasteiger partial charge in [-0.05, 0) is 45.1 Å². The normalized spacial score (nSPS) is 28.5. The topological polar surface area (TPSA) is 169 Å². The molecule has 15 heteroatoms. The number of hydrogen-bond donors (Lipinski definition) is 2. The predicted octanol–water partition coefficient (Wildman–Crippen LogP) is 4.36. The number of aliphatic hydroxyl groups excluding tert-OH is 1. The van der Waals surface area contributed by atoms with Gasteiger partial charge in [0, 0.05) is 27.2 Å². The Morgan fingerprint density at radius 2 is 1.50 bits per heavy atom. The predicted molar refractivity (Wildman–Crippen MR) is 202 cm³/mol. The van der Waals surface area contributed by atoms with Crippen molar-refractivity contribution in [2.75, 3.05) is 34.0 Å². The van der Waals surface area contributed by atoms with Crippen LogP contribution in [0.15, 0.2) is 102 Å². The molecule has 2 amide bonds. The van der Waals surface area contributed by atoms with Crippen LogP contribution in [-0.4, -0.2) is 116 Å². The Morgan fingerprint density at radius 1 is 0.893 bits per heavy atom. The van der Waals surface area contributed by atoms with Crippen molar-refractivity contribution in [2.24, 2.45) is 0 Å². The molecule has 2 fully saturated rings. The van der Waals surface area contributed by atoms with Gasteiger partial charge < -0.3 is 48.1 Å². The number of halogens is 1. The van der Waals surface area contributed by atoms with E-state index in [-0.39, 0.29) is 50.4 Å². The number of carbonyl (C=O) groups excluding carboxylic acids is 3. The molecule has 3 aliphatic rings. The SMILES string of the molecule is CO[C@H]1O[C@H](CO)[C@@H](OCc2ccccc2)[C@H](OCc2ccccc2)[C@@H]1OCCC[C@]1(O)O[C@H]([C@@H](OC)C(=O)N2C(=O)OC[C@H]2c2ccccc2)C(=O)C=C1Br. The highest BCUT2D eigenvalue weighted by molar-refractivity contribution is 9.11. The van der Waals surface area contributed by atoms with Crippen LogP contribution in [-0.2, 0) is 60.7 Å². The summed E-state index contributed by atoms with van der Waals surface area (Å²) in [6, 6.07) is 27.3. The van der Waals surface area contributed by atoms with Crippen LogP contribution < -0.4 is 0 Å². The highest BCUT2D eigenvalue weighted by Gasteiger charge is 2.51. The van der Waals surface area contributed by atoms with Crippen molar-refractivity contribution in [2.45, 2.75) is 80.8 Å². The van der Waals surface area contributed by atoms with Crippen LogP contribution in [0.5, 0.6) is 0 Å². The Balaban J connectivity index is 1.15. The van der Waals surface area contributed by atoms with Crippen molar-refractivity contribution in [3.8, 4) is 0 Å². The standard InChI is InChI=1S/C41H46BrNO13/c1-49-36(38(46)43-29(25-54-40(43)47)28-17-10-5-11-18-28)33-30(45)21-32(42)41(48,56-33)19-12-20-51-37-35(53-24-27-15-8-4-9-16-27)34(31(22-44)55-39(37)50-2)52-23-26-13-6-3-7-14-26/h3-11,13-18,21,29,31,33-37,39,44,48H,12,19-20,22-25H2,1-2H3/t29-,31+,33-,34+,35-,36+,37-,39-,41-/m0/s1. The van der Waals surface area contributed by atoms with E-state index < -0.39 is 72.5 Å². The lowest BCUT2D eigenvalue weighted by Gasteiger charge is -2.45. The molecule has 3 aromatic rings. The Kier molecular flexibility index (Phi) is 14.6. The Morgan fingerprint density at radius 3 is 2.09 bits per heavy atom. The van der Waals surface area contributed by atoms with Crippen LogP contribution in [0.1, 0.15) is 35.6 Å². The smallest absolute Gasteiger partial charge is 0.417 e. The third kappa shape index (κ3) is 9.62. The zero-order valence-electron chi connectivity index (χ0n) is 31.0. The second kappa shape index (κ2) is 19.5. The van der Waals surface area contributed by atoms with E-state index in [0.29, 0.717) is 5.56 Å². The lowest BCUT2D eigenvalue weighted by molar-refractivity contribution is -0.320. The van der Waals surface area contributed by atoms with Crippen molar-refractivity contribution in [1.29, 1.82) is 0 Å². The minimum absolute atomic E-state index is 0.0316. The highest BCUT2D eigenvalue weighted by Crippen LogP contribution is 2.38. The maximum atomic E-state index is 13.8. The zero-order chi connectivity index (χ0) is 39.7. The molecule has 0 aliphatic carbocycles. The summed E-state index contributed by atoms with van der Waals surface area (Å²) in [7, 11) is 2.68. The van der Waals surface area contributed by atoms with Crippen molar-refractivity contribution in [3.05, 3.63) is 118 Å². The maximum absolute atomic E-state index is 13.8. The third-order valence-electron chi connectivity index (χ3n) is 9.86. The van der Waals surface area contributed by atoms with Crippen LogP contribution in [0.25, 0.3) is 0 Å². The molecule has 3 aromatic carbocycles. The number of aliphatic hydroxyl groups is 2. The number of methoxy groups -OCH3 is 2. The molecule has 3 heterocycles. The van der Waals surface area contributed by atoms with E-state index in [1.165, 1.54) is 14.2 Å². The van der Waals surface area contributed by atoms with Crippen molar-refractivity contribution in [3.63, 3.8) is 0 Å². The van der Waals surface area contributed by atoms with Gasteiger partial charge in [-0.1, -0.05) is 91.0 Å². The first-order chi connectivity index (χ1) is 27.2. The maximum Gasteiger partial charge on any atom is 0.417 e. The number of carbonyl (C=O) groups is 3. The molecular weight excluding hydrogens is 794 g/mol. The first-order valence-corrected chi connectivity index (χ1v) is 19.1. The molecule has 0 bridgehead atoms. The molecule has 300 valence electrons. The van der Waals surface area contributed by atoms with E-state index in [1.54, 1.807) is 30.3 Å². The van der Waals surface area contributed by atoms with E-state index >= 15 is 0 Å². The minimum atomic E-state index is -2.07. The number of ether oxygens (including phenoxy) is 8. The summed E-state index contributed by atoms with van der Waals surface area (Å²) in [5, 5.41) is 22.1. The van der Waals surface area contributed by atoms with Crippen molar-refractivity contribution < 1.29 is 62.5 Å². The van der Waals surface area contributed by atoms with Crippen molar-refractivity contribution >= 4 is 33.7 Å². The Bertz CT molecular complexity index is 1780. The molecule has 9 atom stereocenters. The van der Waals surface area contributed by atoms with Gasteiger partial charge in [-0.25, -0.2) is 9.69 Å². The number of amides is 2. The average molecular weight is 841 g/mol. The number of hydrogen-bond acceptors (Lipinski definition) is 13. The second-order valence-corrected chi connectivity index (χ2v) is 14.4. The van der Waals surface area contributed by atoms with E-state index in [1.807, 2.05) is 60.7 Å². The number of ketones is 1. The molecule has 0 unspecified atom stereocenters. The van der Waals surface area contributed by atoms with Crippen LogP contribution in [0, 0.1) is 0 Å². The summed E-state index contributed by atoms with van der Waals surface area (Å²) in [5.41, 5.74) is 2.49. The van der Waals surface area contributed by atoms with Crippen LogP contribution in [0.2, 0.25) is 0 Å². The number of nitrogens with zero attached hydrogens (tertiary/aromatic N) is 1. The van der Waals surface area contributed by atoms with Gasteiger partial charge in [-0.15, -0.1) is 0 Å². The molecule has 14 nitrogen and oxygen atoms in total. The van der Waals surface area contributed by atoms with E-state index in [0.717, 1.165) is 22.1 Å². The summed E-state index contributed by atoms with van der Waals surface area (Å²) in [5.74, 6) is -3.57. The number of imide groups is 1. The van der Waals surface area contributed by atoms with Gasteiger partial charge in [0.2, 0.25) is 0 Å². The average Bonchev–Trinajstić information content (AvgIpc) is 3.62. The summed E-state index contributed by atoms with van der Waals surface area (Å²) >= 11 is 3.28. The Hall–Kier alpha value is -3.87. The van der Waals surface area contributed by atoms with Gasteiger partial charge in [0.05, 0.1) is 24.3 Å². The molecule has 6 rings (SSSR count). The van der Waals surface area contributed by atoms with Crippen LogP contribution in [0.3, 0.4) is 0 Å². The lowest BCUT2D eigenvalue weighted by Crippen LogP contribution is -2.61. The first kappa shape index (κ1) is 41.8. The van der Waals surface area contributed by atoms with Crippen molar-refractivity contribution in [1.82, 2.24) is 4.90 Å². The van der Waals surface area contributed by atoms with E-state index in [2.05, 4.69) is 15.9 Å². The zero-order valence-corrected chi connectivity index (χ0v) is 32.6. The lowest BCUT2D eigenvalue weighted by atomic mass is 9.97. The fourth-order valence-electron chi connectivity index (χ4n) is 6.96. The first-order valence-electron chi connectivity index (χ1n) is 18.3. The molecule has 3 aliphatic heterocycles. The quantitative estimate of drug-likeness (QED) is 0.184. The monoisotopic (exact) mass is 839 g/mol. The molecule has 0 saturated carbocycles. The molecular formula is C41H46BrNO13. The fraction of sp³-hybridized carbons (Fsp3) is 0.439.